The number of carbonyl (C=O) groups is 2. The van der Waals surface area contributed by atoms with Crippen LogP contribution in [0.25, 0.3) is 10.8 Å². The maximum Gasteiger partial charge on any atom is 0.350 e. The minimum absolute atomic E-state index is 0.150. The summed E-state index contributed by atoms with van der Waals surface area (Å²) < 4.78 is 5.22. The molecule has 0 aliphatic heterocycles. The van der Waals surface area contributed by atoms with Crippen LogP contribution in [0.4, 0.5) is 16.2 Å². The summed E-state index contributed by atoms with van der Waals surface area (Å²) in [6, 6.07) is 13.9. The Morgan fingerprint density at radius 3 is 2.48 bits per heavy atom. The first kappa shape index (κ1) is 20.9. The molecule has 3 aromatic rings. The molecule has 0 atom stereocenters. The Bertz CT molecular complexity index is 1180. The first-order valence-electron chi connectivity index (χ1n) is 9.69. The fraction of sp³-hybridized carbons (Fsp3) is 0.182. The normalized spacial score (nSPS) is 13.0. The minimum Gasteiger partial charge on any atom is -0.495 e. The molecule has 1 fully saturated rings. The predicted octanol–water partition coefficient (Wildman–Crippen LogP) is 3.89. The van der Waals surface area contributed by atoms with Gasteiger partial charge in [0.2, 0.25) is 0 Å². The number of hydrogen-bond acceptors (Lipinski definition) is 5. The van der Waals surface area contributed by atoms with Crippen molar-refractivity contribution in [1.82, 2.24) is 5.43 Å². The molecular formula is C22H22ClN5O3. The molecule has 0 unspecified atom stereocenters. The Hall–Kier alpha value is -3.33. The number of nitrogens with one attached hydrogen (secondary N) is 2. The smallest absolute Gasteiger partial charge is 0.350 e. The molecule has 3 amide bonds. The first-order chi connectivity index (χ1) is 14.9. The van der Waals surface area contributed by atoms with Crippen LogP contribution in [0, 0.1) is 0 Å². The average molecular weight is 440 g/mol. The average Bonchev–Trinajstić information content (AvgIpc) is 3.63. The number of carbonyl (C=O) groups excluding carboxylic acids is 2. The van der Waals surface area contributed by atoms with Crippen molar-refractivity contribution in [3.63, 3.8) is 0 Å². The molecule has 0 bridgehead atoms. The van der Waals surface area contributed by atoms with E-state index >= 15 is 0 Å². The van der Waals surface area contributed by atoms with E-state index in [1.807, 2.05) is 23.6 Å². The van der Waals surface area contributed by atoms with Gasteiger partial charge in [-0.15, -0.1) is 0 Å². The third-order valence-corrected chi connectivity index (χ3v) is 5.59. The van der Waals surface area contributed by atoms with Crippen LogP contribution in [0.1, 0.15) is 34.7 Å². The number of halogens is 1. The number of amides is 3. The third-order valence-electron chi connectivity index (χ3n) is 5.30. The summed E-state index contributed by atoms with van der Waals surface area (Å²) in [6.45, 7) is 0. The summed E-state index contributed by atoms with van der Waals surface area (Å²) in [6.07, 6.45) is 2.47. The molecule has 0 spiro atoms. The molecule has 160 valence electrons. The topological polar surface area (TPSA) is 123 Å². The second-order valence-corrected chi connectivity index (χ2v) is 7.78. The largest absolute Gasteiger partial charge is 0.495 e. The van der Waals surface area contributed by atoms with Crippen molar-refractivity contribution in [1.29, 1.82) is 0 Å². The van der Waals surface area contributed by atoms with Gasteiger partial charge in [-0.2, -0.15) is 0 Å². The molecule has 6 N–H and O–H groups in total. The number of rotatable bonds is 5. The van der Waals surface area contributed by atoms with Crippen LogP contribution in [0.3, 0.4) is 0 Å². The zero-order valence-electron chi connectivity index (χ0n) is 16.8. The number of urea groups is 1. The van der Waals surface area contributed by atoms with Gasteiger partial charge in [-0.25, -0.2) is 21.5 Å². The highest BCUT2D eigenvalue weighted by Crippen LogP contribution is 2.41. The number of nitrogens with zero attached hydrogens (tertiary/aromatic N) is 1. The molecule has 0 aromatic heterocycles. The third kappa shape index (κ3) is 4.27. The highest BCUT2D eigenvalue weighted by molar-refractivity contribution is 6.32. The quantitative estimate of drug-likeness (QED) is 0.273. The number of fused-ring (bicyclic) bond motifs is 1. The number of anilines is 2. The molecule has 4 rings (SSSR count). The number of ether oxygens (including phenoxy) is 1. The molecule has 1 aliphatic carbocycles. The lowest BCUT2D eigenvalue weighted by atomic mass is 10.0. The standard InChI is InChI=1S/C22H22ClN5O3/c1-31-20-11-18(19(10-17(20)23)28(25)22(30)27-24)26-21(29)16-7-6-14-8-13(12-2-3-12)4-5-15(14)9-16/h4-12H,2-3,24-25H2,1H3,(H,26,29)(H,27,30). The fourth-order valence-electron chi connectivity index (χ4n) is 3.45. The highest BCUT2D eigenvalue weighted by Gasteiger charge is 2.23. The van der Waals surface area contributed by atoms with Crippen molar-refractivity contribution in [2.24, 2.45) is 11.7 Å². The maximum atomic E-state index is 13.0. The molecule has 0 radical (unpaired) electrons. The number of nitrogens with two attached hydrogens (primary N) is 2. The molecule has 8 nitrogen and oxygen atoms in total. The van der Waals surface area contributed by atoms with Gasteiger partial charge in [0.1, 0.15) is 5.75 Å². The lowest BCUT2D eigenvalue weighted by molar-refractivity contribution is 0.102. The molecular weight excluding hydrogens is 418 g/mol. The van der Waals surface area contributed by atoms with Gasteiger partial charge in [0, 0.05) is 11.6 Å². The summed E-state index contributed by atoms with van der Waals surface area (Å²) in [7, 11) is 1.44. The van der Waals surface area contributed by atoms with Crippen molar-refractivity contribution in [2.45, 2.75) is 18.8 Å². The number of methoxy groups -OCH3 is 1. The van der Waals surface area contributed by atoms with Gasteiger partial charge in [0.05, 0.1) is 23.5 Å². The van der Waals surface area contributed by atoms with Crippen LogP contribution >= 0.6 is 11.6 Å². The van der Waals surface area contributed by atoms with E-state index in [1.54, 1.807) is 6.07 Å². The van der Waals surface area contributed by atoms with Gasteiger partial charge < -0.3 is 10.1 Å². The Labute approximate surface area is 184 Å². The monoisotopic (exact) mass is 439 g/mol. The maximum absolute atomic E-state index is 13.0. The summed E-state index contributed by atoms with van der Waals surface area (Å²) >= 11 is 6.17. The van der Waals surface area contributed by atoms with Crippen LogP contribution in [0.2, 0.25) is 5.02 Å². The second kappa shape index (κ2) is 8.43. The number of hydrazine groups is 2. The molecule has 0 heterocycles. The summed E-state index contributed by atoms with van der Waals surface area (Å²) in [5.74, 6) is 11.6. The second-order valence-electron chi connectivity index (χ2n) is 7.37. The fourth-order valence-corrected chi connectivity index (χ4v) is 3.68. The van der Waals surface area contributed by atoms with Crippen LogP contribution in [0.15, 0.2) is 48.5 Å². The van der Waals surface area contributed by atoms with Crippen molar-refractivity contribution in [3.05, 3.63) is 64.7 Å². The molecule has 31 heavy (non-hydrogen) atoms. The Morgan fingerprint density at radius 1 is 1.10 bits per heavy atom. The number of hydrogen-bond donors (Lipinski definition) is 4. The SMILES string of the molecule is COc1cc(NC(=O)c2ccc3cc(C4CC4)ccc3c2)c(N(N)C(=O)NN)cc1Cl. The van der Waals surface area contributed by atoms with E-state index in [2.05, 4.69) is 17.4 Å². The van der Waals surface area contributed by atoms with Gasteiger partial charge in [-0.3, -0.25) is 10.2 Å². The summed E-state index contributed by atoms with van der Waals surface area (Å²) in [5.41, 5.74) is 4.12. The van der Waals surface area contributed by atoms with Gasteiger partial charge in [0.25, 0.3) is 5.91 Å². The van der Waals surface area contributed by atoms with E-state index in [9.17, 15) is 9.59 Å². The van der Waals surface area contributed by atoms with E-state index in [0.29, 0.717) is 17.2 Å². The van der Waals surface area contributed by atoms with Crippen molar-refractivity contribution >= 4 is 45.7 Å². The van der Waals surface area contributed by atoms with E-state index in [1.165, 1.54) is 37.6 Å². The van der Waals surface area contributed by atoms with Gasteiger partial charge in [-0.05, 0) is 53.3 Å². The Morgan fingerprint density at radius 2 is 1.81 bits per heavy atom. The van der Waals surface area contributed by atoms with E-state index < -0.39 is 6.03 Å². The van der Waals surface area contributed by atoms with Crippen molar-refractivity contribution < 1.29 is 14.3 Å². The first-order valence-corrected chi connectivity index (χ1v) is 10.1. The summed E-state index contributed by atoms with van der Waals surface area (Å²) in [4.78, 5) is 24.9. The van der Waals surface area contributed by atoms with Crippen LogP contribution < -0.4 is 32.2 Å². The molecule has 1 aliphatic rings. The molecule has 9 heteroatoms. The molecule has 1 saturated carbocycles. The lowest BCUT2D eigenvalue weighted by Gasteiger charge is -2.21. The molecule has 3 aromatic carbocycles. The Kier molecular flexibility index (Phi) is 5.69. The van der Waals surface area contributed by atoms with Crippen molar-refractivity contribution in [3.8, 4) is 5.75 Å². The van der Waals surface area contributed by atoms with Crippen LogP contribution in [0.5, 0.6) is 5.75 Å². The number of benzene rings is 3. The predicted molar refractivity (Wildman–Crippen MR) is 121 cm³/mol. The van der Waals surface area contributed by atoms with Gasteiger partial charge >= 0.3 is 6.03 Å². The van der Waals surface area contributed by atoms with Gasteiger partial charge in [0.15, 0.2) is 0 Å². The van der Waals surface area contributed by atoms with Crippen LogP contribution in [-0.2, 0) is 0 Å². The Balaban J connectivity index is 1.65. The highest BCUT2D eigenvalue weighted by atomic mass is 35.5. The van der Waals surface area contributed by atoms with E-state index in [0.717, 1.165) is 15.8 Å². The van der Waals surface area contributed by atoms with E-state index in [-0.39, 0.29) is 22.3 Å². The van der Waals surface area contributed by atoms with E-state index in [4.69, 9.17) is 28.0 Å². The molecule has 0 saturated heterocycles. The minimum atomic E-state index is -0.783. The zero-order chi connectivity index (χ0) is 22.1. The lowest BCUT2D eigenvalue weighted by Crippen LogP contribution is -2.48. The zero-order valence-corrected chi connectivity index (χ0v) is 17.6. The summed E-state index contributed by atoms with van der Waals surface area (Å²) in [5, 5.41) is 5.79. The van der Waals surface area contributed by atoms with Gasteiger partial charge in [-0.1, -0.05) is 35.9 Å². The van der Waals surface area contributed by atoms with Crippen LogP contribution in [-0.4, -0.2) is 19.0 Å². The van der Waals surface area contributed by atoms with Crippen molar-refractivity contribution in [2.75, 3.05) is 17.4 Å².